The molecule has 2 aromatic rings. The summed E-state index contributed by atoms with van der Waals surface area (Å²) in [6.45, 7) is 0. The van der Waals surface area contributed by atoms with Crippen LogP contribution in [0.2, 0.25) is 0 Å². The Bertz CT molecular complexity index is 845. The van der Waals surface area contributed by atoms with Gasteiger partial charge in [-0.05, 0) is 48.0 Å². The van der Waals surface area contributed by atoms with E-state index >= 15 is 0 Å². The maximum absolute atomic E-state index is 12.4. The number of ether oxygens (including phenoxy) is 3. The van der Waals surface area contributed by atoms with Gasteiger partial charge in [0, 0.05) is 10.2 Å². The van der Waals surface area contributed by atoms with Crippen LogP contribution < -0.4 is 19.5 Å². The van der Waals surface area contributed by atoms with Crippen molar-refractivity contribution in [2.24, 2.45) is 0 Å². The number of carbonyl (C=O) groups excluding carboxylic acids is 1. The maximum atomic E-state index is 12.4. The minimum absolute atomic E-state index is 0.0535. The van der Waals surface area contributed by atoms with Crippen LogP contribution in [0.1, 0.15) is 5.56 Å². The van der Waals surface area contributed by atoms with Crippen molar-refractivity contribution in [1.29, 1.82) is 5.26 Å². The number of benzene rings is 2. The molecule has 1 N–H and O–H groups in total. The highest BCUT2D eigenvalue weighted by atomic mass is 79.9. The number of nitriles is 1. The van der Waals surface area contributed by atoms with Crippen molar-refractivity contribution in [3.63, 3.8) is 0 Å². The summed E-state index contributed by atoms with van der Waals surface area (Å²) >= 11 is 3.33. The van der Waals surface area contributed by atoms with Gasteiger partial charge < -0.3 is 19.5 Å². The van der Waals surface area contributed by atoms with E-state index in [9.17, 15) is 10.1 Å². The molecular formula is C19H17BrN2O4. The third kappa shape index (κ3) is 4.55. The lowest BCUT2D eigenvalue weighted by atomic mass is 10.1. The van der Waals surface area contributed by atoms with Gasteiger partial charge in [-0.15, -0.1) is 0 Å². The van der Waals surface area contributed by atoms with Crippen LogP contribution in [0.3, 0.4) is 0 Å². The molecule has 0 aromatic heterocycles. The fourth-order valence-electron chi connectivity index (χ4n) is 2.23. The molecule has 0 aliphatic heterocycles. The summed E-state index contributed by atoms with van der Waals surface area (Å²) in [4.78, 5) is 12.4. The van der Waals surface area contributed by atoms with Gasteiger partial charge in [0.1, 0.15) is 11.6 Å². The van der Waals surface area contributed by atoms with Crippen LogP contribution in [0.15, 0.2) is 46.4 Å². The summed E-state index contributed by atoms with van der Waals surface area (Å²) in [5.74, 6) is 0.793. The molecule has 134 valence electrons. The molecule has 0 radical (unpaired) electrons. The van der Waals surface area contributed by atoms with E-state index in [1.807, 2.05) is 6.07 Å². The van der Waals surface area contributed by atoms with Crippen LogP contribution in [0.25, 0.3) is 6.08 Å². The molecule has 0 heterocycles. The summed E-state index contributed by atoms with van der Waals surface area (Å²) in [6.07, 6.45) is 1.46. The SMILES string of the molecule is COc1cc(/C=C(/C#N)C(=O)Nc2ccc(Br)cc2)cc(OC)c1OC. The molecule has 0 saturated heterocycles. The lowest BCUT2D eigenvalue weighted by Gasteiger charge is -2.13. The van der Waals surface area contributed by atoms with Gasteiger partial charge in [0.25, 0.3) is 5.91 Å². The zero-order chi connectivity index (χ0) is 19.1. The highest BCUT2D eigenvalue weighted by Crippen LogP contribution is 2.38. The lowest BCUT2D eigenvalue weighted by molar-refractivity contribution is -0.112. The van der Waals surface area contributed by atoms with E-state index in [-0.39, 0.29) is 5.57 Å². The molecule has 7 heteroatoms. The average Bonchev–Trinajstić information content (AvgIpc) is 2.66. The molecule has 2 aromatic carbocycles. The Morgan fingerprint density at radius 3 is 2.12 bits per heavy atom. The monoisotopic (exact) mass is 416 g/mol. The Kier molecular flexibility index (Phi) is 6.64. The first-order valence-corrected chi connectivity index (χ1v) is 8.30. The average molecular weight is 417 g/mol. The Labute approximate surface area is 160 Å². The Morgan fingerprint density at radius 2 is 1.65 bits per heavy atom. The van der Waals surface area contributed by atoms with Crippen LogP contribution in [-0.2, 0) is 4.79 Å². The van der Waals surface area contributed by atoms with Crippen LogP contribution >= 0.6 is 15.9 Å². The van der Waals surface area contributed by atoms with E-state index in [0.717, 1.165) is 4.47 Å². The summed E-state index contributed by atoms with van der Waals surface area (Å²) in [6, 6.07) is 12.3. The molecule has 0 atom stereocenters. The largest absolute Gasteiger partial charge is 0.493 e. The van der Waals surface area contributed by atoms with Gasteiger partial charge in [0.2, 0.25) is 5.75 Å². The third-order valence-corrected chi connectivity index (χ3v) is 3.99. The van der Waals surface area contributed by atoms with E-state index < -0.39 is 5.91 Å². The van der Waals surface area contributed by atoms with Crippen LogP contribution in [0.4, 0.5) is 5.69 Å². The van der Waals surface area contributed by atoms with Gasteiger partial charge in [-0.25, -0.2) is 0 Å². The van der Waals surface area contributed by atoms with Gasteiger partial charge in [0.05, 0.1) is 21.3 Å². The van der Waals surface area contributed by atoms with Gasteiger partial charge in [-0.1, -0.05) is 15.9 Å². The van der Waals surface area contributed by atoms with Crippen molar-refractivity contribution in [2.75, 3.05) is 26.6 Å². The molecule has 2 rings (SSSR count). The molecule has 0 bridgehead atoms. The molecular weight excluding hydrogens is 400 g/mol. The predicted octanol–water partition coefficient (Wildman–Crippen LogP) is 4.02. The summed E-state index contributed by atoms with van der Waals surface area (Å²) < 4.78 is 16.7. The second kappa shape index (κ2) is 8.92. The summed E-state index contributed by atoms with van der Waals surface area (Å²) in [5, 5.41) is 12.0. The van der Waals surface area contributed by atoms with Crippen molar-refractivity contribution in [3.8, 4) is 23.3 Å². The lowest BCUT2D eigenvalue weighted by Crippen LogP contribution is -2.13. The van der Waals surface area contributed by atoms with Crippen molar-refractivity contribution in [1.82, 2.24) is 0 Å². The fourth-order valence-corrected chi connectivity index (χ4v) is 2.50. The number of carbonyl (C=O) groups is 1. The molecule has 6 nitrogen and oxygen atoms in total. The quantitative estimate of drug-likeness (QED) is 0.567. The number of nitrogens with one attached hydrogen (secondary N) is 1. The first-order valence-electron chi connectivity index (χ1n) is 7.51. The zero-order valence-electron chi connectivity index (χ0n) is 14.5. The van der Waals surface area contributed by atoms with Crippen LogP contribution in [0, 0.1) is 11.3 Å². The third-order valence-electron chi connectivity index (χ3n) is 3.47. The number of methoxy groups -OCH3 is 3. The fraction of sp³-hybridized carbons (Fsp3) is 0.158. The van der Waals surface area contributed by atoms with E-state index in [4.69, 9.17) is 14.2 Å². The predicted molar refractivity (Wildman–Crippen MR) is 102 cm³/mol. The first-order chi connectivity index (χ1) is 12.5. The molecule has 0 fully saturated rings. The van der Waals surface area contributed by atoms with E-state index in [0.29, 0.717) is 28.5 Å². The Hall–Kier alpha value is -2.98. The number of hydrogen-bond donors (Lipinski definition) is 1. The normalized spacial score (nSPS) is 10.7. The van der Waals surface area contributed by atoms with E-state index in [1.54, 1.807) is 36.4 Å². The standard InChI is InChI=1S/C19H17BrN2O4/c1-24-16-9-12(10-17(25-2)18(16)26-3)8-13(11-21)19(23)22-15-6-4-14(20)5-7-15/h4-10H,1-3H3,(H,22,23)/b13-8-. The molecule has 26 heavy (non-hydrogen) atoms. The van der Waals surface area contributed by atoms with Crippen molar-refractivity contribution in [3.05, 3.63) is 52.0 Å². The Morgan fingerprint density at radius 1 is 1.08 bits per heavy atom. The topological polar surface area (TPSA) is 80.6 Å². The second-order valence-electron chi connectivity index (χ2n) is 5.09. The van der Waals surface area contributed by atoms with Gasteiger partial charge >= 0.3 is 0 Å². The second-order valence-corrected chi connectivity index (χ2v) is 6.01. The number of halogens is 1. The minimum Gasteiger partial charge on any atom is -0.493 e. The summed E-state index contributed by atoms with van der Waals surface area (Å²) in [7, 11) is 4.49. The number of hydrogen-bond acceptors (Lipinski definition) is 5. The van der Waals surface area contributed by atoms with Crippen molar-refractivity contribution < 1.29 is 19.0 Å². The minimum atomic E-state index is -0.511. The molecule has 0 unspecified atom stereocenters. The van der Waals surface area contributed by atoms with Crippen molar-refractivity contribution in [2.45, 2.75) is 0 Å². The highest BCUT2D eigenvalue weighted by Gasteiger charge is 2.15. The molecule has 0 spiro atoms. The number of nitrogens with zero attached hydrogens (tertiary/aromatic N) is 1. The number of anilines is 1. The van der Waals surface area contributed by atoms with E-state index in [2.05, 4.69) is 21.2 Å². The van der Waals surface area contributed by atoms with Crippen LogP contribution in [-0.4, -0.2) is 27.2 Å². The maximum Gasteiger partial charge on any atom is 0.266 e. The van der Waals surface area contributed by atoms with Crippen molar-refractivity contribution >= 4 is 33.6 Å². The number of rotatable bonds is 6. The molecule has 0 aliphatic carbocycles. The van der Waals surface area contributed by atoms with Gasteiger partial charge in [0.15, 0.2) is 11.5 Å². The highest BCUT2D eigenvalue weighted by molar-refractivity contribution is 9.10. The molecule has 1 amide bonds. The number of amides is 1. The van der Waals surface area contributed by atoms with Gasteiger partial charge in [-0.3, -0.25) is 4.79 Å². The Balaban J connectivity index is 2.34. The smallest absolute Gasteiger partial charge is 0.266 e. The van der Waals surface area contributed by atoms with Crippen LogP contribution in [0.5, 0.6) is 17.2 Å². The molecule has 0 aliphatic rings. The first kappa shape index (κ1) is 19.3. The summed E-state index contributed by atoms with van der Waals surface area (Å²) in [5.41, 5.74) is 1.11. The molecule has 0 saturated carbocycles. The van der Waals surface area contributed by atoms with Gasteiger partial charge in [-0.2, -0.15) is 5.26 Å². The van der Waals surface area contributed by atoms with E-state index in [1.165, 1.54) is 27.4 Å². The zero-order valence-corrected chi connectivity index (χ0v) is 16.1.